The largest absolute Gasteiger partial charge is 0.481 e. The minimum atomic E-state index is -1.09. The highest BCUT2D eigenvalue weighted by Gasteiger charge is 2.19. The molecule has 0 radical (unpaired) electrons. The number of unbranched alkanes of at least 4 members (excludes halogenated alkanes) is 15. The van der Waals surface area contributed by atoms with E-state index >= 15 is 0 Å². The van der Waals surface area contributed by atoms with Crippen molar-refractivity contribution in [1.82, 2.24) is 10.6 Å². The number of hydrogen-bond acceptors (Lipinski definition) is 11. The van der Waals surface area contributed by atoms with Gasteiger partial charge < -0.3 is 49.3 Å². The van der Waals surface area contributed by atoms with Crippen LogP contribution in [0.15, 0.2) is 0 Å². The van der Waals surface area contributed by atoms with Gasteiger partial charge in [0.1, 0.15) is 11.8 Å². The number of Topliss-reactive ketones (excluding diaryl/α,β-unsaturated/α-hetero) is 1. The fourth-order valence-electron chi connectivity index (χ4n) is 5.80. The lowest BCUT2D eigenvalue weighted by Gasteiger charge is -2.14. The highest BCUT2D eigenvalue weighted by Crippen LogP contribution is 2.14. The summed E-state index contributed by atoms with van der Waals surface area (Å²) >= 11 is 0. The molecule has 0 bridgehead atoms. The van der Waals surface area contributed by atoms with Crippen molar-refractivity contribution in [2.75, 3.05) is 85.8 Å². The number of rotatable bonds is 46. The van der Waals surface area contributed by atoms with Crippen LogP contribution < -0.4 is 10.6 Å². The third kappa shape index (κ3) is 44.3. The molecule has 0 aliphatic carbocycles. The summed E-state index contributed by atoms with van der Waals surface area (Å²) in [6.07, 6.45) is 19.9. The second-order valence-corrected chi connectivity index (χ2v) is 14.4. The van der Waals surface area contributed by atoms with Gasteiger partial charge in [0.05, 0.1) is 79.3 Å². The Morgan fingerprint density at radius 1 is 0.421 bits per heavy atom. The standard InChI is InChI=1S/C42H78N2O13/c1-37(45)23-25-52-27-29-54-31-33-56-35-36-57-34-32-55-30-28-53-26-24-43-39(46)21-18-19-38(42(50)51)44-40(47)20-16-14-12-10-8-6-4-2-3-5-7-9-11-13-15-17-22-41(48)49/h38H,2-36H2,1H3,(H,43,46)(H,44,47)(H,48,49)(H,50,51)/t38-/m0/s1. The Balaban J connectivity index is 3.52. The van der Waals surface area contributed by atoms with E-state index in [4.69, 9.17) is 33.5 Å². The summed E-state index contributed by atoms with van der Waals surface area (Å²) in [5.74, 6) is -2.14. The number of hydrogen-bond donors (Lipinski definition) is 4. The zero-order valence-electron chi connectivity index (χ0n) is 35.2. The van der Waals surface area contributed by atoms with Gasteiger partial charge in [-0.15, -0.1) is 0 Å². The maximum Gasteiger partial charge on any atom is 0.326 e. The zero-order valence-corrected chi connectivity index (χ0v) is 35.2. The van der Waals surface area contributed by atoms with E-state index in [1.807, 2.05) is 0 Å². The number of ether oxygens (including phenoxy) is 6. The third-order valence-electron chi connectivity index (χ3n) is 9.10. The number of amides is 2. The van der Waals surface area contributed by atoms with Crippen molar-refractivity contribution in [3.05, 3.63) is 0 Å². The van der Waals surface area contributed by atoms with E-state index in [2.05, 4.69) is 10.6 Å². The molecule has 0 saturated heterocycles. The molecule has 0 unspecified atom stereocenters. The van der Waals surface area contributed by atoms with Gasteiger partial charge in [-0.05, 0) is 32.6 Å². The molecular formula is C42H78N2O13. The summed E-state index contributed by atoms with van der Waals surface area (Å²) in [5, 5.41) is 23.5. The maximum atomic E-state index is 12.3. The van der Waals surface area contributed by atoms with E-state index in [1.54, 1.807) is 0 Å². The molecule has 0 heterocycles. The van der Waals surface area contributed by atoms with Crippen LogP contribution in [0.2, 0.25) is 0 Å². The lowest BCUT2D eigenvalue weighted by atomic mass is 10.0. The Morgan fingerprint density at radius 3 is 1.16 bits per heavy atom. The molecule has 0 saturated carbocycles. The molecular weight excluding hydrogens is 740 g/mol. The van der Waals surface area contributed by atoms with Gasteiger partial charge in [0, 0.05) is 32.2 Å². The van der Waals surface area contributed by atoms with Gasteiger partial charge in [-0.3, -0.25) is 19.2 Å². The van der Waals surface area contributed by atoms with Crippen molar-refractivity contribution in [3.63, 3.8) is 0 Å². The Labute approximate surface area is 342 Å². The van der Waals surface area contributed by atoms with Gasteiger partial charge in [0.15, 0.2) is 0 Å². The van der Waals surface area contributed by atoms with Crippen LogP contribution >= 0.6 is 0 Å². The van der Waals surface area contributed by atoms with Crippen molar-refractivity contribution in [3.8, 4) is 0 Å². The van der Waals surface area contributed by atoms with Crippen LogP contribution in [0.5, 0.6) is 0 Å². The van der Waals surface area contributed by atoms with Crippen LogP contribution in [0.3, 0.4) is 0 Å². The summed E-state index contributed by atoms with van der Waals surface area (Å²) in [6, 6.07) is -1.00. The first-order valence-electron chi connectivity index (χ1n) is 21.7. The highest BCUT2D eigenvalue weighted by molar-refractivity contribution is 5.83. The SMILES string of the molecule is CC(=O)CCOCCOCCOCCOCCOCCOCCNC(=O)CCC[C@H](NC(=O)CCCCCCCCCCCCCCCCCCC(=O)O)C(=O)O. The fraction of sp³-hybridized carbons (Fsp3) is 0.881. The first-order valence-corrected chi connectivity index (χ1v) is 21.7. The Kier molecular flexibility index (Phi) is 40.9. The van der Waals surface area contributed by atoms with Gasteiger partial charge in [-0.25, -0.2) is 4.79 Å². The van der Waals surface area contributed by atoms with Gasteiger partial charge in [0.2, 0.25) is 11.8 Å². The lowest BCUT2D eigenvalue weighted by molar-refractivity contribution is -0.142. The van der Waals surface area contributed by atoms with Crippen molar-refractivity contribution in [2.24, 2.45) is 0 Å². The van der Waals surface area contributed by atoms with Gasteiger partial charge in [0.25, 0.3) is 0 Å². The number of ketones is 1. The minimum Gasteiger partial charge on any atom is -0.481 e. The fourth-order valence-corrected chi connectivity index (χ4v) is 5.80. The second-order valence-electron chi connectivity index (χ2n) is 14.4. The van der Waals surface area contributed by atoms with E-state index in [0.717, 1.165) is 44.9 Å². The average Bonchev–Trinajstić information content (AvgIpc) is 3.17. The first-order chi connectivity index (χ1) is 27.7. The van der Waals surface area contributed by atoms with Gasteiger partial charge in [-0.1, -0.05) is 89.9 Å². The van der Waals surface area contributed by atoms with Crippen molar-refractivity contribution in [2.45, 2.75) is 154 Å². The summed E-state index contributed by atoms with van der Waals surface area (Å²) in [4.78, 5) is 57.4. The molecule has 1 atom stereocenters. The highest BCUT2D eigenvalue weighted by atomic mass is 16.6. The molecule has 57 heavy (non-hydrogen) atoms. The summed E-state index contributed by atoms with van der Waals surface area (Å²) in [7, 11) is 0. The average molecular weight is 819 g/mol. The molecule has 0 aromatic heterocycles. The summed E-state index contributed by atoms with van der Waals surface area (Å²) in [6.45, 7) is 7.01. The summed E-state index contributed by atoms with van der Waals surface area (Å²) in [5.41, 5.74) is 0. The molecule has 0 aliphatic rings. The van der Waals surface area contributed by atoms with E-state index in [9.17, 15) is 29.1 Å². The molecule has 0 rings (SSSR count). The van der Waals surface area contributed by atoms with E-state index in [-0.39, 0.29) is 36.9 Å². The molecule has 334 valence electrons. The predicted molar refractivity (Wildman–Crippen MR) is 217 cm³/mol. The van der Waals surface area contributed by atoms with E-state index < -0.39 is 18.0 Å². The monoisotopic (exact) mass is 819 g/mol. The van der Waals surface area contributed by atoms with E-state index in [1.165, 1.54) is 64.7 Å². The maximum absolute atomic E-state index is 12.3. The van der Waals surface area contributed by atoms with Crippen LogP contribution in [0.1, 0.15) is 148 Å². The molecule has 0 aromatic rings. The predicted octanol–water partition coefficient (Wildman–Crippen LogP) is 6.03. The smallest absolute Gasteiger partial charge is 0.326 e. The van der Waals surface area contributed by atoms with Gasteiger partial charge in [-0.2, -0.15) is 0 Å². The Bertz CT molecular complexity index is 986. The van der Waals surface area contributed by atoms with Crippen molar-refractivity contribution in [1.29, 1.82) is 0 Å². The molecule has 4 N–H and O–H groups in total. The van der Waals surface area contributed by atoms with Crippen LogP contribution in [0, 0.1) is 0 Å². The first kappa shape index (κ1) is 54.3. The van der Waals surface area contributed by atoms with Crippen molar-refractivity contribution < 1.29 is 62.6 Å². The van der Waals surface area contributed by atoms with E-state index in [0.29, 0.717) is 105 Å². The minimum absolute atomic E-state index is 0.109. The second kappa shape index (κ2) is 42.9. The van der Waals surface area contributed by atoms with Crippen LogP contribution in [-0.2, 0) is 52.4 Å². The molecule has 15 nitrogen and oxygen atoms in total. The number of carbonyl (C=O) groups excluding carboxylic acids is 3. The van der Waals surface area contributed by atoms with Crippen LogP contribution in [0.25, 0.3) is 0 Å². The van der Waals surface area contributed by atoms with Gasteiger partial charge >= 0.3 is 11.9 Å². The number of aliphatic carboxylic acids is 2. The molecule has 0 fully saturated rings. The van der Waals surface area contributed by atoms with Crippen LogP contribution in [-0.4, -0.2) is 132 Å². The lowest BCUT2D eigenvalue weighted by Crippen LogP contribution is -2.40. The van der Waals surface area contributed by atoms with Crippen LogP contribution in [0.4, 0.5) is 0 Å². The number of carbonyl (C=O) groups is 5. The topological polar surface area (TPSA) is 205 Å². The van der Waals surface area contributed by atoms with Crippen molar-refractivity contribution >= 4 is 29.5 Å². The molecule has 0 aromatic carbocycles. The Hall–Kier alpha value is -2.69. The Morgan fingerprint density at radius 2 is 0.772 bits per heavy atom. The third-order valence-corrected chi connectivity index (χ3v) is 9.10. The quantitative estimate of drug-likeness (QED) is 0.0519. The molecule has 0 spiro atoms. The normalized spacial score (nSPS) is 11.7. The summed E-state index contributed by atoms with van der Waals surface area (Å²) < 4.78 is 32.4. The molecule has 2 amide bonds. The number of nitrogens with one attached hydrogen (secondary N) is 2. The molecule has 15 heteroatoms. The molecule has 0 aliphatic heterocycles. The number of carboxylic acid groups (broad SMARTS) is 2. The zero-order chi connectivity index (χ0) is 41.9. The number of carboxylic acids is 2.